The number of carbonyl (C=O) groups is 1. The number of hydrogen-bond acceptors (Lipinski definition) is 3. The molecule has 0 radical (unpaired) electrons. The van der Waals surface area contributed by atoms with Crippen molar-refractivity contribution in [2.24, 2.45) is 5.92 Å². The summed E-state index contributed by atoms with van der Waals surface area (Å²) in [6.45, 7) is 5.40. The molecular weight excluding hydrogens is 238 g/mol. The molecule has 1 N–H and O–H groups in total. The first-order valence-corrected chi connectivity index (χ1v) is 6.98. The van der Waals surface area contributed by atoms with Crippen LogP contribution in [0, 0.1) is 12.8 Å². The van der Waals surface area contributed by atoms with E-state index in [9.17, 15) is 13.2 Å². The minimum atomic E-state index is -3.73. The molecule has 0 bridgehead atoms. The summed E-state index contributed by atoms with van der Waals surface area (Å²) in [5.41, 5.74) is 0.970. The minimum absolute atomic E-state index is 0.111. The van der Waals surface area contributed by atoms with Gasteiger partial charge in [0.1, 0.15) is 0 Å². The van der Waals surface area contributed by atoms with Gasteiger partial charge in [-0.1, -0.05) is 31.5 Å². The highest BCUT2D eigenvalue weighted by molar-refractivity contribution is 7.90. The van der Waals surface area contributed by atoms with E-state index < -0.39 is 15.9 Å². The van der Waals surface area contributed by atoms with E-state index in [0.717, 1.165) is 5.56 Å². The first-order valence-electron chi connectivity index (χ1n) is 5.50. The van der Waals surface area contributed by atoms with Crippen LogP contribution >= 0.6 is 0 Å². The van der Waals surface area contributed by atoms with Crippen LogP contribution in [-0.4, -0.2) is 14.3 Å². The van der Waals surface area contributed by atoms with Gasteiger partial charge in [-0.25, -0.2) is 13.1 Å². The van der Waals surface area contributed by atoms with Crippen LogP contribution in [0.15, 0.2) is 29.2 Å². The van der Waals surface area contributed by atoms with Gasteiger partial charge in [0, 0.05) is 5.92 Å². The number of amides is 1. The van der Waals surface area contributed by atoms with Crippen LogP contribution in [0.1, 0.15) is 25.8 Å². The summed E-state index contributed by atoms with van der Waals surface area (Å²) < 4.78 is 25.8. The fraction of sp³-hybridized carbons (Fsp3) is 0.417. The van der Waals surface area contributed by atoms with Gasteiger partial charge in [0.2, 0.25) is 5.91 Å². The van der Waals surface area contributed by atoms with Crippen molar-refractivity contribution in [1.29, 1.82) is 0 Å². The molecule has 94 valence electrons. The Kier molecular flexibility index (Phi) is 4.28. The van der Waals surface area contributed by atoms with E-state index >= 15 is 0 Å². The molecule has 4 nitrogen and oxygen atoms in total. The number of nitrogens with one attached hydrogen (secondary N) is 1. The molecule has 1 atom stereocenters. The van der Waals surface area contributed by atoms with Gasteiger partial charge >= 0.3 is 0 Å². The lowest BCUT2D eigenvalue weighted by atomic mass is 10.1. The van der Waals surface area contributed by atoms with E-state index in [2.05, 4.69) is 4.72 Å². The Morgan fingerprint density at radius 2 is 1.82 bits per heavy atom. The molecule has 0 heterocycles. The van der Waals surface area contributed by atoms with E-state index in [1.807, 2.05) is 13.8 Å². The van der Waals surface area contributed by atoms with Crippen molar-refractivity contribution in [2.45, 2.75) is 32.1 Å². The summed E-state index contributed by atoms with van der Waals surface area (Å²) in [5.74, 6) is -0.775. The largest absolute Gasteiger partial charge is 0.274 e. The van der Waals surface area contributed by atoms with Crippen molar-refractivity contribution in [3.8, 4) is 0 Å². The van der Waals surface area contributed by atoms with Crippen LogP contribution in [0.25, 0.3) is 0 Å². The molecule has 1 aromatic rings. The second-order valence-electron chi connectivity index (χ2n) is 4.09. The molecule has 1 rings (SSSR count). The maximum atomic E-state index is 11.8. The monoisotopic (exact) mass is 255 g/mol. The molecule has 0 spiro atoms. The quantitative estimate of drug-likeness (QED) is 0.893. The zero-order valence-corrected chi connectivity index (χ0v) is 11.0. The topological polar surface area (TPSA) is 63.2 Å². The van der Waals surface area contributed by atoms with E-state index in [1.54, 1.807) is 19.1 Å². The summed E-state index contributed by atoms with van der Waals surface area (Å²) in [4.78, 5) is 11.7. The predicted molar refractivity (Wildman–Crippen MR) is 66.0 cm³/mol. The van der Waals surface area contributed by atoms with Gasteiger partial charge in [-0.2, -0.15) is 0 Å². The Balaban J connectivity index is 2.89. The molecule has 5 heteroatoms. The molecule has 0 aliphatic rings. The molecule has 0 fully saturated rings. The predicted octanol–water partition coefficient (Wildman–Crippen LogP) is 1.85. The highest BCUT2D eigenvalue weighted by Gasteiger charge is 2.20. The van der Waals surface area contributed by atoms with Gasteiger partial charge in [-0.15, -0.1) is 0 Å². The van der Waals surface area contributed by atoms with Crippen molar-refractivity contribution in [2.75, 3.05) is 0 Å². The normalized spacial score (nSPS) is 13.1. The summed E-state index contributed by atoms with van der Waals surface area (Å²) in [7, 11) is -3.73. The third-order valence-corrected chi connectivity index (χ3v) is 3.99. The highest BCUT2D eigenvalue weighted by Crippen LogP contribution is 2.11. The third-order valence-electron chi connectivity index (χ3n) is 2.63. The maximum Gasteiger partial charge on any atom is 0.264 e. The maximum absolute atomic E-state index is 11.8. The van der Waals surface area contributed by atoms with Gasteiger partial charge in [0.15, 0.2) is 0 Å². The highest BCUT2D eigenvalue weighted by atomic mass is 32.2. The molecule has 1 aromatic carbocycles. The standard InChI is InChI=1S/C12H17NO3S/c1-4-10(3)12(14)13-17(15,16)11-7-5-9(2)6-8-11/h5-8,10H,4H2,1-3H3,(H,13,14)/t10-/m0/s1. The van der Waals surface area contributed by atoms with Gasteiger partial charge < -0.3 is 0 Å². The SMILES string of the molecule is CC[C@H](C)C(=O)NS(=O)(=O)c1ccc(C)cc1. The van der Waals surface area contributed by atoms with Crippen molar-refractivity contribution in [3.05, 3.63) is 29.8 Å². The Hall–Kier alpha value is -1.36. The van der Waals surface area contributed by atoms with Gasteiger partial charge in [0.25, 0.3) is 10.0 Å². The van der Waals surface area contributed by atoms with E-state index in [-0.39, 0.29) is 10.8 Å². The van der Waals surface area contributed by atoms with Gasteiger partial charge in [-0.3, -0.25) is 4.79 Å². The molecule has 0 unspecified atom stereocenters. The van der Waals surface area contributed by atoms with Crippen LogP contribution in [0.2, 0.25) is 0 Å². The van der Waals surface area contributed by atoms with Gasteiger partial charge in [0.05, 0.1) is 4.90 Å². The van der Waals surface area contributed by atoms with Crippen molar-refractivity contribution in [3.63, 3.8) is 0 Å². The molecular formula is C12H17NO3S. The van der Waals surface area contributed by atoms with Crippen molar-refractivity contribution >= 4 is 15.9 Å². The lowest BCUT2D eigenvalue weighted by molar-refractivity contribution is -0.122. The van der Waals surface area contributed by atoms with Crippen LogP contribution in [0.5, 0.6) is 0 Å². The number of carbonyl (C=O) groups excluding carboxylic acids is 1. The zero-order valence-electron chi connectivity index (χ0n) is 10.2. The van der Waals surface area contributed by atoms with Crippen LogP contribution < -0.4 is 4.72 Å². The van der Waals surface area contributed by atoms with Crippen LogP contribution in [0.3, 0.4) is 0 Å². The Morgan fingerprint density at radius 3 is 2.29 bits per heavy atom. The summed E-state index contributed by atoms with van der Waals surface area (Å²) in [6.07, 6.45) is 0.606. The number of sulfonamides is 1. The molecule has 0 saturated carbocycles. The van der Waals surface area contributed by atoms with Crippen molar-refractivity contribution < 1.29 is 13.2 Å². The molecule has 0 saturated heterocycles. The average molecular weight is 255 g/mol. The van der Waals surface area contributed by atoms with Crippen LogP contribution in [-0.2, 0) is 14.8 Å². The second-order valence-corrected chi connectivity index (χ2v) is 5.77. The zero-order chi connectivity index (χ0) is 13.1. The van der Waals surface area contributed by atoms with Gasteiger partial charge in [-0.05, 0) is 25.5 Å². The summed E-state index contributed by atoms with van der Waals surface area (Å²) in [5, 5.41) is 0. The lowest BCUT2D eigenvalue weighted by Gasteiger charge is -2.10. The summed E-state index contributed by atoms with van der Waals surface area (Å²) in [6, 6.07) is 6.37. The number of rotatable bonds is 4. The lowest BCUT2D eigenvalue weighted by Crippen LogP contribution is -2.34. The summed E-state index contributed by atoms with van der Waals surface area (Å²) >= 11 is 0. The molecule has 0 aliphatic carbocycles. The van der Waals surface area contributed by atoms with E-state index in [0.29, 0.717) is 6.42 Å². The third kappa shape index (κ3) is 3.56. The minimum Gasteiger partial charge on any atom is -0.274 e. The van der Waals surface area contributed by atoms with Crippen LogP contribution in [0.4, 0.5) is 0 Å². The smallest absolute Gasteiger partial charge is 0.264 e. The van der Waals surface area contributed by atoms with E-state index in [4.69, 9.17) is 0 Å². The first-order chi connectivity index (χ1) is 7.86. The second kappa shape index (κ2) is 5.31. The fourth-order valence-electron chi connectivity index (χ4n) is 1.19. The molecule has 0 aromatic heterocycles. The fourth-order valence-corrected chi connectivity index (χ4v) is 2.27. The Morgan fingerprint density at radius 1 is 1.29 bits per heavy atom. The number of aryl methyl sites for hydroxylation is 1. The Labute approximate surface area is 102 Å². The first kappa shape index (κ1) is 13.7. The number of benzene rings is 1. The molecule has 0 aliphatic heterocycles. The molecule has 17 heavy (non-hydrogen) atoms. The van der Waals surface area contributed by atoms with E-state index in [1.165, 1.54) is 12.1 Å². The van der Waals surface area contributed by atoms with Crippen molar-refractivity contribution in [1.82, 2.24) is 4.72 Å². The molecule has 1 amide bonds. The number of hydrogen-bond donors (Lipinski definition) is 1. The average Bonchev–Trinajstić information content (AvgIpc) is 2.27. The Bertz CT molecular complexity index is 491.